The van der Waals surface area contributed by atoms with Gasteiger partial charge in [0.05, 0.1) is 11.4 Å². The molecule has 1 heterocycles. The van der Waals surface area contributed by atoms with Crippen molar-refractivity contribution in [3.05, 3.63) is 57.0 Å². The molecule has 0 radical (unpaired) electrons. The van der Waals surface area contributed by atoms with Crippen LogP contribution in [0.25, 0.3) is 11.4 Å². The van der Waals surface area contributed by atoms with Gasteiger partial charge in [0.1, 0.15) is 0 Å². The average molecular weight is 497 g/mol. The fourth-order valence-electron chi connectivity index (χ4n) is 2.28. The number of aromatic nitrogens is 3. The van der Waals surface area contributed by atoms with Crippen LogP contribution in [0.3, 0.4) is 0 Å². The lowest BCUT2D eigenvalue weighted by Gasteiger charge is -2.10. The van der Waals surface area contributed by atoms with E-state index < -0.39 is 0 Å². The lowest BCUT2D eigenvalue weighted by Crippen LogP contribution is -2.17. The van der Waals surface area contributed by atoms with Gasteiger partial charge in [-0.3, -0.25) is 4.79 Å². The van der Waals surface area contributed by atoms with Gasteiger partial charge in [0.2, 0.25) is 11.1 Å². The van der Waals surface area contributed by atoms with Crippen molar-refractivity contribution in [1.29, 1.82) is 0 Å². The lowest BCUT2D eigenvalue weighted by atomic mass is 10.2. The maximum Gasteiger partial charge on any atom is 0.234 e. The first kappa shape index (κ1) is 18.9. The number of amides is 1. The number of halogens is 2. The van der Waals surface area contributed by atoms with Crippen molar-refractivity contribution in [3.8, 4) is 11.4 Å². The van der Waals surface area contributed by atoms with Gasteiger partial charge in [-0.25, -0.2) is 4.68 Å². The van der Waals surface area contributed by atoms with E-state index in [1.54, 1.807) is 0 Å². The van der Waals surface area contributed by atoms with Gasteiger partial charge in [0.25, 0.3) is 0 Å². The van der Waals surface area contributed by atoms with E-state index in [1.807, 2.05) is 49.4 Å². The summed E-state index contributed by atoms with van der Waals surface area (Å²) < 4.78 is 3.03. The zero-order valence-electron chi connectivity index (χ0n) is 13.7. The Bertz CT molecular complexity index is 923. The van der Waals surface area contributed by atoms with Crippen molar-refractivity contribution in [1.82, 2.24) is 14.9 Å². The Hall–Kier alpha value is -1.84. The fourth-order valence-corrected chi connectivity index (χ4v) is 4.55. The van der Waals surface area contributed by atoms with Crippen molar-refractivity contribution in [2.75, 3.05) is 16.9 Å². The Balaban J connectivity index is 1.67. The Morgan fingerprint density at radius 1 is 1.19 bits per heavy atom. The van der Waals surface area contributed by atoms with E-state index in [2.05, 4.69) is 47.4 Å². The SMILES string of the molecule is Cc1cc(Br)c(NC(=O)CSc2nnc(-c3ccccc3)n2N)c(Br)c1. The number of nitrogens with two attached hydrogens (primary N) is 1. The molecular formula is C17H15Br2N5OS. The van der Waals surface area contributed by atoms with E-state index in [0.717, 1.165) is 20.1 Å². The molecule has 6 nitrogen and oxygen atoms in total. The molecule has 3 rings (SSSR count). The van der Waals surface area contributed by atoms with Crippen LogP contribution >= 0.6 is 43.6 Å². The molecule has 0 unspecified atom stereocenters. The van der Waals surface area contributed by atoms with Crippen molar-refractivity contribution in [2.24, 2.45) is 0 Å². The topological polar surface area (TPSA) is 85.8 Å². The second-order valence-electron chi connectivity index (χ2n) is 5.48. The molecule has 26 heavy (non-hydrogen) atoms. The number of anilines is 1. The minimum absolute atomic E-state index is 0.162. The molecule has 0 aliphatic heterocycles. The molecule has 0 spiro atoms. The minimum Gasteiger partial charge on any atom is -0.335 e. The van der Waals surface area contributed by atoms with Crippen LogP contribution in [0.15, 0.2) is 56.6 Å². The molecule has 0 saturated carbocycles. The molecule has 0 fully saturated rings. The van der Waals surface area contributed by atoms with E-state index in [9.17, 15) is 4.79 Å². The molecular weight excluding hydrogens is 482 g/mol. The number of aryl methyl sites for hydroxylation is 1. The molecule has 3 N–H and O–H groups in total. The molecule has 9 heteroatoms. The maximum absolute atomic E-state index is 12.3. The summed E-state index contributed by atoms with van der Waals surface area (Å²) in [4.78, 5) is 12.3. The number of thioether (sulfide) groups is 1. The zero-order valence-corrected chi connectivity index (χ0v) is 17.7. The maximum atomic E-state index is 12.3. The first-order valence-corrected chi connectivity index (χ1v) is 10.2. The standard InChI is InChI=1S/C17H15Br2N5OS/c1-10-7-12(18)15(13(19)8-10)21-14(25)9-26-17-23-22-16(24(17)20)11-5-3-2-4-6-11/h2-8H,9,20H2,1H3,(H,21,25). The summed E-state index contributed by atoms with van der Waals surface area (Å²) in [6.07, 6.45) is 0. The molecule has 134 valence electrons. The van der Waals surface area contributed by atoms with Gasteiger partial charge in [-0.1, -0.05) is 42.1 Å². The molecule has 0 aliphatic rings. The van der Waals surface area contributed by atoms with Gasteiger partial charge < -0.3 is 11.2 Å². The molecule has 0 atom stereocenters. The molecule has 1 amide bonds. The quantitative estimate of drug-likeness (QED) is 0.408. The highest BCUT2D eigenvalue weighted by Gasteiger charge is 2.15. The second-order valence-corrected chi connectivity index (χ2v) is 8.13. The van der Waals surface area contributed by atoms with Gasteiger partial charge in [-0.2, -0.15) is 0 Å². The summed E-state index contributed by atoms with van der Waals surface area (Å²) in [6.45, 7) is 1.98. The number of carbonyl (C=O) groups is 1. The van der Waals surface area contributed by atoms with Gasteiger partial charge in [-0.15, -0.1) is 10.2 Å². The van der Waals surface area contributed by atoms with E-state index in [4.69, 9.17) is 5.84 Å². The molecule has 2 aromatic carbocycles. The van der Waals surface area contributed by atoms with E-state index in [1.165, 1.54) is 16.4 Å². The molecule has 3 aromatic rings. The number of nitrogens with one attached hydrogen (secondary N) is 1. The van der Waals surface area contributed by atoms with Crippen molar-refractivity contribution in [3.63, 3.8) is 0 Å². The van der Waals surface area contributed by atoms with Gasteiger partial charge in [0, 0.05) is 14.5 Å². The van der Waals surface area contributed by atoms with E-state index >= 15 is 0 Å². The van der Waals surface area contributed by atoms with E-state index in [0.29, 0.717) is 16.7 Å². The highest BCUT2D eigenvalue weighted by molar-refractivity contribution is 9.11. The van der Waals surface area contributed by atoms with Crippen LogP contribution in [-0.2, 0) is 4.79 Å². The summed E-state index contributed by atoms with van der Waals surface area (Å²) in [5.74, 6) is 6.62. The summed E-state index contributed by atoms with van der Waals surface area (Å²) in [6, 6.07) is 13.4. The van der Waals surface area contributed by atoms with Crippen molar-refractivity contribution in [2.45, 2.75) is 12.1 Å². The van der Waals surface area contributed by atoms with Crippen LogP contribution in [-0.4, -0.2) is 26.5 Å². The smallest absolute Gasteiger partial charge is 0.234 e. The number of hydrogen-bond acceptors (Lipinski definition) is 5. The predicted molar refractivity (Wildman–Crippen MR) is 112 cm³/mol. The Morgan fingerprint density at radius 2 is 1.85 bits per heavy atom. The number of nitrogens with zero attached hydrogens (tertiary/aromatic N) is 3. The normalized spacial score (nSPS) is 10.7. The first-order valence-electron chi connectivity index (χ1n) is 7.60. The third-order valence-electron chi connectivity index (χ3n) is 3.48. The Labute approximate surface area is 171 Å². The van der Waals surface area contributed by atoms with Crippen molar-refractivity contribution < 1.29 is 4.79 Å². The average Bonchev–Trinajstić information content (AvgIpc) is 2.98. The Morgan fingerprint density at radius 3 is 2.50 bits per heavy atom. The molecule has 0 saturated heterocycles. The van der Waals surface area contributed by atoms with Crippen LogP contribution < -0.4 is 11.2 Å². The molecule has 1 aromatic heterocycles. The number of carbonyl (C=O) groups excluding carboxylic acids is 1. The summed E-state index contributed by atoms with van der Waals surface area (Å²) in [7, 11) is 0. The number of rotatable bonds is 5. The third kappa shape index (κ3) is 4.28. The third-order valence-corrected chi connectivity index (χ3v) is 5.67. The largest absolute Gasteiger partial charge is 0.335 e. The monoisotopic (exact) mass is 495 g/mol. The van der Waals surface area contributed by atoms with Crippen LogP contribution in [0.2, 0.25) is 0 Å². The van der Waals surface area contributed by atoms with Crippen LogP contribution in [0.4, 0.5) is 5.69 Å². The highest BCUT2D eigenvalue weighted by Crippen LogP contribution is 2.32. The molecule has 0 aliphatic carbocycles. The highest BCUT2D eigenvalue weighted by atomic mass is 79.9. The number of nitrogen functional groups attached to an aromatic ring is 1. The van der Waals surface area contributed by atoms with Crippen LogP contribution in [0.5, 0.6) is 0 Å². The summed E-state index contributed by atoms with van der Waals surface area (Å²) >= 11 is 8.16. The first-order chi connectivity index (χ1) is 12.5. The lowest BCUT2D eigenvalue weighted by molar-refractivity contribution is -0.113. The summed E-state index contributed by atoms with van der Waals surface area (Å²) in [5.41, 5.74) is 2.65. The number of benzene rings is 2. The Kier molecular flexibility index (Phi) is 6.00. The minimum atomic E-state index is -0.162. The summed E-state index contributed by atoms with van der Waals surface area (Å²) in [5, 5.41) is 11.5. The van der Waals surface area contributed by atoms with Crippen molar-refractivity contribution >= 4 is 55.2 Å². The van der Waals surface area contributed by atoms with E-state index in [-0.39, 0.29) is 11.7 Å². The zero-order chi connectivity index (χ0) is 18.7. The fraction of sp³-hybridized carbons (Fsp3) is 0.118. The van der Waals surface area contributed by atoms with Gasteiger partial charge >= 0.3 is 0 Å². The predicted octanol–water partition coefficient (Wildman–Crippen LogP) is 4.22. The molecule has 0 bridgehead atoms. The second kappa shape index (κ2) is 8.24. The van der Waals surface area contributed by atoms with Gasteiger partial charge in [-0.05, 0) is 56.5 Å². The van der Waals surface area contributed by atoms with Crippen LogP contribution in [0, 0.1) is 6.92 Å². The number of hydrogen-bond donors (Lipinski definition) is 2. The van der Waals surface area contributed by atoms with Crippen LogP contribution in [0.1, 0.15) is 5.56 Å². The van der Waals surface area contributed by atoms with Gasteiger partial charge in [0.15, 0.2) is 5.82 Å².